The third-order valence-corrected chi connectivity index (χ3v) is 5.86. The Morgan fingerprint density at radius 1 is 1.04 bits per heavy atom. The summed E-state index contributed by atoms with van der Waals surface area (Å²) in [7, 11) is 0. The van der Waals surface area contributed by atoms with E-state index in [-0.39, 0.29) is 0 Å². The number of piperidine rings is 1. The number of rotatable bonds is 7. The normalized spacial score (nSPS) is 20.1. The number of unbranched alkanes of at least 4 members (excludes halogenated alkanes) is 1. The summed E-state index contributed by atoms with van der Waals surface area (Å²) in [5.41, 5.74) is 4.39. The average molecular weight is 351 g/mol. The molecule has 26 heavy (non-hydrogen) atoms. The minimum absolute atomic E-state index is 0.551. The van der Waals surface area contributed by atoms with Gasteiger partial charge in [-0.05, 0) is 92.9 Å². The van der Waals surface area contributed by atoms with Crippen molar-refractivity contribution < 1.29 is 4.74 Å². The first-order valence-corrected chi connectivity index (χ1v) is 10.3. The Kier molecular flexibility index (Phi) is 5.85. The SMILES string of the molecule is c1cncc([C@@H]2CCCCN2CCCCOc2ccc3c(c2)CCC3)c1. The van der Waals surface area contributed by atoms with Crippen molar-refractivity contribution >= 4 is 0 Å². The highest BCUT2D eigenvalue weighted by atomic mass is 16.5. The zero-order chi connectivity index (χ0) is 17.6. The number of fused-ring (bicyclic) bond motifs is 1. The second-order valence-electron chi connectivity index (χ2n) is 7.67. The lowest BCUT2D eigenvalue weighted by atomic mass is 9.96. The van der Waals surface area contributed by atoms with Gasteiger partial charge >= 0.3 is 0 Å². The van der Waals surface area contributed by atoms with Gasteiger partial charge in [0.15, 0.2) is 0 Å². The molecule has 1 aliphatic heterocycles. The second-order valence-corrected chi connectivity index (χ2v) is 7.67. The highest BCUT2D eigenvalue weighted by Crippen LogP contribution is 2.30. The minimum Gasteiger partial charge on any atom is -0.494 e. The van der Waals surface area contributed by atoms with Crippen LogP contribution in [0.5, 0.6) is 5.75 Å². The van der Waals surface area contributed by atoms with Gasteiger partial charge in [-0.25, -0.2) is 0 Å². The zero-order valence-electron chi connectivity index (χ0n) is 15.7. The van der Waals surface area contributed by atoms with Crippen LogP contribution in [0.3, 0.4) is 0 Å². The van der Waals surface area contributed by atoms with Crippen LogP contribution in [-0.4, -0.2) is 29.6 Å². The number of aryl methyl sites for hydroxylation is 2. The number of aromatic nitrogens is 1. The molecule has 0 amide bonds. The molecule has 0 N–H and O–H groups in total. The molecule has 0 radical (unpaired) electrons. The zero-order valence-corrected chi connectivity index (χ0v) is 15.7. The first-order chi connectivity index (χ1) is 12.9. The predicted octanol–water partition coefficient (Wildman–Crippen LogP) is 4.96. The predicted molar refractivity (Wildman–Crippen MR) is 106 cm³/mol. The van der Waals surface area contributed by atoms with Gasteiger partial charge in [-0.15, -0.1) is 0 Å². The van der Waals surface area contributed by atoms with Crippen molar-refractivity contribution in [1.29, 1.82) is 0 Å². The molecule has 1 atom stereocenters. The topological polar surface area (TPSA) is 25.4 Å². The van der Waals surface area contributed by atoms with E-state index in [1.165, 1.54) is 68.2 Å². The van der Waals surface area contributed by atoms with Crippen LogP contribution in [-0.2, 0) is 12.8 Å². The van der Waals surface area contributed by atoms with Gasteiger partial charge in [0.25, 0.3) is 0 Å². The van der Waals surface area contributed by atoms with Crippen molar-refractivity contribution in [2.45, 2.75) is 57.4 Å². The van der Waals surface area contributed by atoms with Gasteiger partial charge in [0, 0.05) is 18.4 Å². The summed E-state index contributed by atoms with van der Waals surface area (Å²) in [6, 6.07) is 11.5. The van der Waals surface area contributed by atoms with Crippen molar-refractivity contribution in [3.05, 3.63) is 59.4 Å². The highest BCUT2D eigenvalue weighted by Gasteiger charge is 2.23. The summed E-state index contributed by atoms with van der Waals surface area (Å²) in [6.45, 7) is 3.20. The third-order valence-electron chi connectivity index (χ3n) is 5.86. The third kappa shape index (κ3) is 4.27. The van der Waals surface area contributed by atoms with E-state index in [2.05, 4.69) is 40.2 Å². The van der Waals surface area contributed by atoms with E-state index < -0.39 is 0 Å². The largest absolute Gasteiger partial charge is 0.494 e. The van der Waals surface area contributed by atoms with Crippen LogP contribution in [0.15, 0.2) is 42.7 Å². The van der Waals surface area contributed by atoms with Gasteiger partial charge in [-0.3, -0.25) is 9.88 Å². The van der Waals surface area contributed by atoms with E-state index in [0.29, 0.717) is 6.04 Å². The molecule has 2 heterocycles. The summed E-state index contributed by atoms with van der Waals surface area (Å²) < 4.78 is 6.00. The maximum atomic E-state index is 6.00. The molecule has 1 aromatic carbocycles. The summed E-state index contributed by atoms with van der Waals surface area (Å²) in [4.78, 5) is 6.96. The number of pyridine rings is 1. The highest BCUT2D eigenvalue weighted by molar-refractivity contribution is 5.38. The number of likely N-dealkylation sites (tertiary alicyclic amines) is 1. The van der Waals surface area contributed by atoms with Crippen molar-refractivity contribution in [3.63, 3.8) is 0 Å². The Morgan fingerprint density at radius 2 is 2.00 bits per heavy atom. The molecule has 0 bridgehead atoms. The lowest BCUT2D eigenvalue weighted by Gasteiger charge is -2.35. The lowest BCUT2D eigenvalue weighted by Crippen LogP contribution is -2.34. The van der Waals surface area contributed by atoms with E-state index in [1.807, 2.05) is 12.4 Å². The minimum atomic E-state index is 0.551. The number of hydrogen-bond donors (Lipinski definition) is 0. The molecule has 0 unspecified atom stereocenters. The Hall–Kier alpha value is -1.87. The maximum Gasteiger partial charge on any atom is 0.119 e. The summed E-state index contributed by atoms with van der Waals surface area (Å²) in [6.07, 6.45) is 13.9. The molecular weight excluding hydrogens is 320 g/mol. The number of benzene rings is 1. The molecule has 2 aromatic rings. The summed E-state index contributed by atoms with van der Waals surface area (Å²) in [5.74, 6) is 1.05. The molecule has 1 aromatic heterocycles. The van der Waals surface area contributed by atoms with Crippen molar-refractivity contribution in [2.24, 2.45) is 0 Å². The Bertz CT molecular complexity index is 701. The van der Waals surface area contributed by atoms with Crippen molar-refractivity contribution in [2.75, 3.05) is 19.7 Å². The van der Waals surface area contributed by atoms with Crippen LogP contribution < -0.4 is 4.74 Å². The van der Waals surface area contributed by atoms with Crippen molar-refractivity contribution in [3.8, 4) is 5.75 Å². The standard InChI is InChI=1S/C23H30N2O/c1-2-14-25(23(10-1)21-9-6-13-24-18-21)15-3-4-16-26-22-12-11-19-7-5-8-20(19)17-22/h6,9,11-13,17-18,23H,1-5,7-8,10,14-16H2/t23-/m0/s1. The van der Waals surface area contributed by atoms with Gasteiger partial charge in [-0.2, -0.15) is 0 Å². The van der Waals surface area contributed by atoms with Crippen molar-refractivity contribution in [1.82, 2.24) is 9.88 Å². The molecule has 2 aliphatic rings. The van der Waals surface area contributed by atoms with Crippen LogP contribution in [0.1, 0.15) is 61.3 Å². The Balaban J connectivity index is 1.22. The molecule has 0 saturated carbocycles. The molecule has 138 valence electrons. The van der Waals surface area contributed by atoms with E-state index >= 15 is 0 Å². The monoisotopic (exact) mass is 350 g/mol. The number of hydrogen-bond acceptors (Lipinski definition) is 3. The van der Waals surface area contributed by atoms with E-state index in [0.717, 1.165) is 25.3 Å². The molecule has 1 fully saturated rings. The van der Waals surface area contributed by atoms with E-state index in [9.17, 15) is 0 Å². The summed E-state index contributed by atoms with van der Waals surface area (Å²) in [5, 5.41) is 0. The fourth-order valence-corrected chi connectivity index (χ4v) is 4.45. The number of nitrogens with zero attached hydrogens (tertiary/aromatic N) is 2. The Labute approximate surface area is 157 Å². The smallest absolute Gasteiger partial charge is 0.119 e. The van der Waals surface area contributed by atoms with Gasteiger partial charge in [-0.1, -0.05) is 18.6 Å². The maximum absolute atomic E-state index is 6.00. The molecular formula is C23H30N2O. The van der Waals surface area contributed by atoms with Crippen LogP contribution in [0, 0.1) is 0 Å². The Morgan fingerprint density at radius 3 is 2.92 bits per heavy atom. The van der Waals surface area contributed by atoms with Crippen LogP contribution >= 0.6 is 0 Å². The molecule has 0 spiro atoms. The van der Waals surface area contributed by atoms with Crippen LogP contribution in [0.25, 0.3) is 0 Å². The summed E-state index contributed by atoms with van der Waals surface area (Å²) >= 11 is 0. The van der Waals surface area contributed by atoms with Gasteiger partial charge in [0.05, 0.1) is 6.61 Å². The van der Waals surface area contributed by atoms with E-state index in [4.69, 9.17) is 4.74 Å². The van der Waals surface area contributed by atoms with Crippen LogP contribution in [0.2, 0.25) is 0 Å². The number of ether oxygens (including phenoxy) is 1. The molecule has 3 nitrogen and oxygen atoms in total. The second kappa shape index (κ2) is 8.68. The molecule has 4 rings (SSSR count). The quantitative estimate of drug-likeness (QED) is 0.660. The lowest BCUT2D eigenvalue weighted by molar-refractivity contribution is 0.143. The van der Waals surface area contributed by atoms with Gasteiger partial charge in [0.1, 0.15) is 5.75 Å². The molecule has 3 heteroatoms. The fraction of sp³-hybridized carbons (Fsp3) is 0.522. The first-order valence-electron chi connectivity index (χ1n) is 10.3. The van der Waals surface area contributed by atoms with Gasteiger partial charge < -0.3 is 4.74 Å². The van der Waals surface area contributed by atoms with E-state index in [1.54, 1.807) is 0 Å². The van der Waals surface area contributed by atoms with Gasteiger partial charge in [0.2, 0.25) is 0 Å². The average Bonchev–Trinajstić information content (AvgIpc) is 3.17. The first kappa shape index (κ1) is 17.5. The van der Waals surface area contributed by atoms with Crippen LogP contribution in [0.4, 0.5) is 0 Å². The molecule has 1 saturated heterocycles. The molecule has 1 aliphatic carbocycles. The fourth-order valence-electron chi connectivity index (χ4n) is 4.45.